The molecule has 1 fully saturated rings. The number of hydrogen-bond donors (Lipinski definition) is 1. The summed E-state index contributed by atoms with van der Waals surface area (Å²) in [6.45, 7) is 10.6. The van der Waals surface area contributed by atoms with Crippen LogP contribution in [0.15, 0.2) is 16.5 Å². The van der Waals surface area contributed by atoms with Crippen molar-refractivity contribution in [3.63, 3.8) is 0 Å². The summed E-state index contributed by atoms with van der Waals surface area (Å²) in [5, 5.41) is 3.23. The zero-order chi connectivity index (χ0) is 14.0. The first-order valence-electron chi connectivity index (χ1n) is 7.05. The second-order valence-corrected chi connectivity index (χ2v) is 5.78. The van der Waals surface area contributed by atoms with Crippen molar-refractivity contribution in [1.29, 1.82) is 0 Å². The maximum Gasteiger partial charge on any atom is 0.226 e. The standard InChI is InChI=1S/C15H24N2O2/c1-10(2)17(9-14-6-5-11(3)19-14)15(18)12(4)13-7-16-8-13/h5-6,10,12-13,16H,7-9H2,1-4H3. The molecule has 1 aromatic heterocycles. The highest BCUT2D eigenvalue weighted by Gasteiger charge is 2.32. The van der Waals surface area contributed by atoms with Crippen LogP contribution in [0.5, 0.6) is 0 Å². The van der Waals surface area contributed by atoms with Crippen LogP contribution in [0, 0.1) is 18.8 Å². The first kappa shape index (κ1) is 14.1. The Morgan fingerprint density at radius 1 is 1.42 bits per heavy atom. The Kier molecular flexibility index (Phi) is 4.30. The predicted molar refractivity (Wildman–Crippen MR) is 74.7 cm³/mol. The van der Waals surface area contributed by atoms with Crippen LogP contribution in [-0.2, 0) is 11.3 Å². The van der Waals surface area contributed by atoms with E-state index >= 15 is 0 Å². The Hall–Kier alpha value is -1.29. The third kappa shape index (κ3) is 3.18. The van der Waals surface area contributed by atoms with Crippen LogP contribution in [0.4, 0.5) is 0 Å². The molecule has 4 heteroatoms. The first-order chi connectivity index (χ1) is 8.99. The van der Waals surface area contributed by atoms with E-state index < -0.39 is 0 Å². The van der Waals surface area contributed by atoms with Crippen molar-refractivity contribution in [2.24, 2.45) is 11.8 Å². The predicted octanol–water partition coefficient (Wildman–Crippen LogP) is 2.18. The Balaban J connectivity index is 2.04. The van der Waals surface area contributed by atoms with Crippen molar-refractivity contribution < 1.29 is 9.21 Å². The van der Waals surface area contributed by atoms with Gasteiger partial charge in [-0.05, 0) is 51.9 Å². The van der Waals surface area contributed by atoms with Gasteiger partial charge >= 0.3 is 0 Å². The van der Waals surface area contributed by atoms with E-state index in [1.807, 2.05) is 30.9 Å². The van der Waals surface area contributed by atoms with Gasteiger partial charge in [0, 0.05) is 12.0 Å². The van der Waals surface area contributed by atoms with E-state index in [-0.39, 0.29) is 17.9 Å². The summed E-state index contributed by atoms with van der Waals surface area (Å²) in [7, 11) is 0. The second-order valence-electron chi connectivity index (χ2n) is 5.78. The minimum absolute atomic E-state index is 0.0831. The van der Waals surface area contributed by atoms with Gasteiger partial charge in [0.25, 0.3) is 0 Å². The van der Waals surface area contributed by atoms with Crippen molar-refractivity contribution in [3.8, 4) is 0 Å². The zero-order valence-electron chi connectivity index (χ0n) is 12.3. The quantitative estimate of drug-likeness (QED) is 0.886. The molecule has 19 heavy (non-hydrogen) atoms. The molecule has 1 aromatic rings. The number of amides is 1. The van der Waals surface area contributed by atoms with Crippen LogP contribution in [-0.4, -0.2) is 29.9 Å². The summed E-state index contributed by atoms with van der Waals surface area (Å²) in [6.07, 6.45) is 0. The van der Waals surface area contributed by atoms with Gasteiger partial charge in [0.15, 0.2) is 0 Å². The smallest absolute Gasteiger partial charge is 0.226 e. The first-order valence-corrected chi connectivity index (χ1v) is 7.05. The summed E-state index contributed by atoms with van der Waals surface area (Å²) in [5.74, 6) is 2.54. The molecular weight excluding hydrogens is 240 g/mol. The molecule has 2 heterocycles. The number of furan rings is 1. The number of rotatable bonds is 5. The molecule has 1 aliphatic rings. The highest BCUT2D eigenvalue weighted by atomic mass is 16.3. The molecule has 0 radical (unpaired) electrons. The largest absolute Gasteiger partial charge is 0.464 e. The Labute approximate surface area is 115 Å². The lowest BCUT2D eigenvalue weighted by molar-refractivity contribution is -0.140. The molecular formula is C15H24N2O2. The number of carbonyl (C=O) groups excluding carboxylic acids is 1. The Morgan fingerprint density at radius 3 is 2.53 bits per heavy atom. The fraction of sp³-hybridized carbons (Fsp3) is 0.667. The molecule has 1 atom stereocenters. The fourth-order valence-electron chi connectivity index (χ4n) is 2.38. The summed E-state index contributed by atoms with van der Waals surface area (Å²) in [4.78, 5) is 14.5. The molecule has 1 aliphatic heterocycles. The van der Waals surface area contributed by atoms with Gasteiger partial charge in [0.2, 0.25) is 5.91 Å². The lowest BCUT2D eigenvalue weighted by Gasteiger charge is -2.36. The molecule has 1 amide bonds. The van der Waals surface area contributed by atoms with E-state index in [2.05, 4.69) is 19.2 Å². The number of aryl methyl sites for hydroxylation is 1. The molecule has 4 nitrogen and oxygen atoms in total. The van der Waals surface area contributed by atoms with Crippen LogP contribution in [0.25, 0.3) is 0 Å². The molecule has 0 spiro atoms. The van der Waals surface area contributed by atoms with E-state index in [1.165, 1.54) is 0 Å². The number of carbonyl (C=O) groups is 1. The Morgan fingerprint density at radius 2 is 2.11 bits per heavy atom. The summed E-state index contributed by atoms with van der Waals surface area (Å²) < 4.78 is 5.59. The van der Waals surface area contributed by atoms with Crippen LogP contribution < -0.4 is 5.32 Å². The van der Waals surface area contributed by atoms with Crippen molar-refractivity contribution in [2.75, 3.05) is 13.1 Å². The molecule has 0 bridgehead atoms. The van der Waals surface area contributed by atoms with Crippen LogP contribution in [0.2, 0.25) is 0 Å². The van der Waals surface area contributed by atoms with Gasteiger partial charge in [-0.15, -0.1) is 0 Å². The summed E-state index contributed by atoms with van der Waals surface area (Å²) >= 11 is 0. The minimum atomic E-state index is 0.0831. The minimum Gasteiger partial charge on any atom is -0.464 e. The van der Waals surface area contributed by atoms with E-state index in [9.17, 15) is 4.79 Å². The van der Waals surface area contributed by atoms with Gasteiger partial charge in [-0.3, -0.25) is 4.79 Å². The highest BCUT2D eigenvalue weighted by molar-refractivity contribution is 5.79. The Bertz CT molecular complexity index is 435. The summed E-state index contributed by atoms with van der Waals surface area (Å²) in [5.41, 5.74) is 0. The third-order valence-electron chi connectivity index (χ3n) is 3.94. The van der Waals surface area contributed by atoms with E-state index in [1.54, 1.807) is 0 Å². The number of hydrogen-bond acceptors (Lipinski definition) is 3. The molecule has 1 N–H and O–H groups in total. The maximum absolute atomic E-state index is 12.6. The van der Waals surface area contributed by atoms with Gasteiger partial charge in [-0.25, -0.2) is 0 Å². The lowest BCUT2D eigenvalue weighted by Crippen LogP contribution is -2.51. The zero-order valence-corrected chi connectivity index (χ0v) is 12.3. The van der Waals surface area contributed by atoms with Gasteiger partial charge in [-0.1, -0.05) is 6.92 Å². The summed E-state index contributed by atoms with van der Waals surface area (Å²) in [6, 6.07) is 4.08. The van der Waals surface area contributed by atoms with Gasteiger partial charge < -0.3 is 14.6 Å². The van der Waals surface area contributed by atoms with Gasteiger partial charge in [0.1, 0.15) is 11.5 Å². The molecule has 1 saturated heterocycles. The average Bonchev–Trinajstić information content (AvgIpc) is 2.68. The third-order valence-corrected chi connectivity index (χ3v) is 3.94. The monoisotopic (exact) mass is 264 g/mol. The maximum atomic E-state index is 12.6. The molecule has 0 saturated carbocycles. The fourth-order valence-corrected chi connectivity index (χ4v) is 2.38. The van der Waals surface area contributed by atoms with Gasteiger partial charge in [-0.2, -0.15) is 0 Å². The van der Waals surface area contributed by atoms with E-state index in [0.717, 1.165) is 24.6 Å². The van der Waals surface area contributed by atoms with E-state index in [0.29, 0.717) is 12.5 Å². The van der Waals surface area contributed by atoms with Crippen LogP contribution in [0.1, 0.15) is 32.3 Å². The van der Waals surface area contributed by atoms with Crippen molar-refractivity contribution in [1.82, 2.24) is 10.2 Å². The van der Waals surface area contributed by atoms with Crippen LogP contribution >= 0.6 is 0 Å². The topological polar surface area (TPSA) is 45.5 Å². The van der Waals surface area contributed by atoms with Crippen molar-refractivity contribution in [3.05, 3.63) is 23.7 Å². The molecule has 0 aliphatic carbocycles. The van der Waals surface area contributed by atoms with E-state index in [4.69, 9.17) is 4.42 Å². The second kappa shape index (κ2) is 5.78. The van der Waals surface area contributed by atoms with Crippen LogP contribution in [0.3, 0.4) is 0 Å². The molecule has 1 unspecified atom stereocenters. The SMILES string of the molecule is Cc1ccc(CN(C(=O)C(C)C2CNC2)C(C)C)o1. The average molecular weight is 264 g/mol. The normalized spacial score (nSPS) is 17.3. The molecule has 106 valence electrons. The van der Waals surface area contributed by atoms with Gasteiger partial charge in [0.05, 0.1) is 6.54 Å². The highest BCUT2D eigenvalue weighted by Crippen LogP contribution is 2.21. The molecule has 2 rings (SSSR count). The van der Waals surface area contributed by atoms with Crippen molar-refractivity contribution in [2.45, 2.75) is 40.3 Å². The number of nitrogens with one attached hydrogen (secondary N) is 1. The molecule has 0 aromatic carbocycles. The van der Waals surface area contributed by atoms with Crippen molar-refractivity contribution >= 4 is 5.91 Å². The number of nitrogens with zero attached hydrogens (tertiary/aromatic N) is 1. The lowest BCUT2D eigenvalue weighted by atomic mass is 9.87.